The van der Waals surface area contributed by atoms with Crippen LogP contribution in [0.4, 0.5) is 10.5 Å². The van der Waals surface area contributed by atoms with E-state index in [9.17, 15) is 9.59 Å². The van der Waals surface area contributed by atoms with Crippen LogP contribution in [-0.2, 0) is 4.79 Å². The van der Waals surface area contributed by atoms with Gasteiger partial charge in [-0.25, -0.2) is 4.79 Å². The van der Waals surface area contributed by atoms with E-state index in [2.05, 4.69) is 26.6 Å². The van der Waals surface area contributed by atoms with Crippen molar-refractivity contribution in [1.29, 1.82) is 0 Å². The SMILES string of the molecule is CC(C)C(=O)N1CCC(NC(=O)Nc2ccc(Br)cc2)CC1. The quantitative estimate of drug-likeness (QED) is 0.861. The summed E-state index contributed by atoms with van der Waals surface area (Å²) >= 11 is 3.36. The Hall–Kier alpha value is -1.56. The van der Waals surface area contributed by atoms with Crippen molar-refractivity contribution in [3.63, 3.8) is 0 Å². The number of piperidine rings is 1. The molecular weight excluding hydrogens is 346 g/mol. The second kappa shape index (κ2) is 7.63. The number of urea groups is 1. The van der Waals surface area contributed by atoms with Crippen molar-refractivity contribution < 1.29 is 9.59 Å². The van der Waals surface area contributed by atoms with Gasteiger partial charge in [0.2, 0.25) is 5.91 Å². The van der Waals surface area contributed by atoms with Gasteiger partial charge in [0.1, 0.15) is 0 Å². The predicted octanol–water partition coefficient (Wildman–Crippen LogP) is 3.22. The van der Waals surface area contributed by atoms with Crippen molar-refractivity contribution in [2.24, 2.45) is 5.92 Å². The summed E-state index contributed by atoms with van der Waals surface area (Å²) in [7, 11) is 0. The normalized spacial score (nSPS) is 15.7. The van der Waals surface area contributed by atoms with Gasteiger partial charge in [-0.1, -0.05) is 29.8 Å². The van der Waals surface area contributed by atoms with Crippen molar-refractivity contribution in [3.8, 4) is 0 Å². The highest BCUT2D eigenvalue weighted by molar-refractivity contribution is 9.10. The topological polar surface area (TPSA) is 61.4 Å². The molecule has 0 aliphatic carbocycles. The first-order valence-electron chi connectivity index (χ1n) is 7.57. The van der Waals surface area contributed by atoms with E-state index in [1.807, 2.05) is 43.0 Å². The predicted molar refractivity (Wildman–Crippen MR) is 90.7 cm³/mol. The Labute approximate surface area is 139 Å². The number of halogens is 1. The van der Waals surface area contributed by atoms with Crippen LogP contribution in [0.1, 0.15) is 26.7 Å². The zero-order valence-corrected chi connectivity index (χ0v) is 14.5. The average Bonchev–Trinajstić information content (AvgIpc) is 2.49. The molecule has 1 aromatic carbocycles. The number of carbonyl (C=O) groups excluding carboxylic acids is 2. The average molecular weight is 368 g/mol. The van der Waals surface area contributed by atoms with E-state index in [1.165, 1.54) is 0 Å². The van der Waals surface area contributed by atoms with E-state index in [4.69, 9.17) is 0 Å². The molecule has 2 rings (SSSR count). The summed E-state index contributed by atoms with van der Waals surface area (Å²) in [5, 5.41) is 5.79. The molecule has 2 N–H and O–H groups in total. The minimum Gasteiger partial charge on any atom is -0.342 e. The maximum atomic E-state index is 12.0. The van der Waals surface area contributed by atoms with Gasteiger partial charge in [0.15, 0.2) is 0 Å². The van der Waals surface area contributed by atoms with Gasteiger partial charge in [-0.05, 0) is 37.1 Å². The Balaban J connectivity index is 1.77. The van der Waals surface area contributed by atoms with Gasteiger partial charge in [-0.3, -0.25) is 4.79 Å². The molecule has 1 aliphatic heterocycles. The number of nitrogens with zero attached hydrogens (tertiary/aromatic N) is 1. The smallest absolute Gasteiger partial charge is 0.319 e. The van der Waals surface area contributed by atoms with Gasteiger partial charge in [0.05, 0.1) is 0 Å². The van der Waals surface area contributed by atoms with Crippen molar-refractivity contribution in [2.45, 2.75) is 32.7 Å². The molecule has 1 aliphatic rings. The molecule has 6 heteroatoms. The lowest BCUT2D eigenvalue weighted by molar-refractivity contribution is -0.135. The second-order valence-electron chi connectivity index (χ2n) is 5.86. The number of amides is 3. The minimum absolute atomic E-state index is 0.0326. The number of rotatable bonds is 3. The lowest BCUT2D eigenvalue weighted by atomic mass is 10.0. The van der Waals surface area contributed by atoms with Gasteiger partial charge < -0.3 is 15.5 Å². The van der Waals surface area contributed by atoms with Gasteiger partial charge in [0.25, 0.3) is 0 Å². The van der Waals surface area contributed by atoms with Crippen molar-refractivity contribution in [2.75, 3.05) is 18.4 Å². The van der Waals surface area contributed by atoms with E-state index in [-0.39, 0.29) is 23.9 Å². The van der Waals surface area contributed by atoms with E-state index in [0.717, 1.165) is 23.0 Å². The van der Waals surface area contributed by atoms with Gasteiger partial charge >= 0.3 is 6.03 Å². The number of carbonyl (C=O) groups is 2. The summed E-state index contributed by atoms with van der Waals surface area (Å²) in [4.78, 5) is 25.8. The molecule has 0 unspecified atom stereocenters. The van der Waals surface area contributed by atoms with Gasteiger partial charge in [-0.15, -0.1) is 0 Å². The molecule has 0 radical (unpaired) electrons. The summed E-state index contributed by atoms with van der Waals surface area (Å²) in [6.07, 6.45) is 1.60. The van der Waals surface area contributed by atoms with Crippen molar-refractivity contribution >= 4 is 33.6 Å². The van der Waals surface area contributed by atoms with Crippen molar-refractivity contribution in [1.82, 2.24) is 10.2 Å². The fourth-order valence-electron chi connectivity index (χ4n) is 2.50. The van der Waals surface area contributed by atoms with Crippen LogP contribution in [-0.4, -0.2) is 36.0 Å². The highest BCUT2D eigenvalue weighted by Gasteiger charge is 2.25. The van der Waals surface area contributed by atoms with E-state index >= 15 is 0 Å². The monoisotopic (exact) mass is 367 g/mol. The first-order chi connectivity index (χ1) is 10.5. The van der Waals surface area contributed by atoms with Crippen LogP contribution in [0.3, 0.4) is 0 Å². The lowest BCUT2D eigenvalue weighted by Crippen LogP contribution is -2.48. The fraction of sp³-hybridized carbons (Fsp3) is 0.500. The highest BCUT2D eigenvalue weighted by Crippen LogP contribution is 2.15. The first-order valence-corrected chi connectivity index (χ1v) is 8.37. The zero-order valence-electron chi connectivity index (χ0n) is 12.9. The standard InChI is InChI=1S/C16H22BrN3O2/c1-11(2)15(21)20-9-7-14(8-10-20)19-16(22)18-13-5-3-12(17)4-6-13/h3-6,11,14H,7-10H2,1-2H3,(H2,18,19,22). The molecule has 0 spiro atoms. The van der Waals surface area contributed by atoms with Gasteiger partial charge in [0, 0.05) is 35.2 Å². The lowest BCUT2D eigenvalue weighted by Gasteiger charge is -2.33. The van der Waals surface area contributed by atoms with Crippen LogP contribution >= 0.6 is 15.9 Å². The Kier molecular flexibility index (Phi) is 5.83. The van der Waals surface area contributed by atoms with E-state index in [1.54, 1.807) is 0 Å². The van der Waals surface area contributed by atoms with Crippen LogP contribution in [0, 0.1) is 5.92 Å². The maximum Gasteiger partial charge on any atom is 0.319 e. The number of hydrogen-bond acceptors (Lipinski definition) is 2. The largest absolute Gasteiger partial charge is 0.342 e. The Morgan fingerprint density at radius 3 is 2.32 bits per heavy atom. The molecule has 1 heterocycles. The first kappa shape index (κ1) is 16.8. The zero-order chi connectivity index (χ0) is 16.1. The summed E-state index contributed by atoms with van der Waals surface area (Å²) < 4.78 is 0.973. The van der Waals surface area contributed by atoms with Crippen LogP contribution in [0.5, 0.6) is 0 Å². The third kappa shape index (κ3) is 4.73. The molecule has 22 heavy (non-hydrogen) atoms. The summed E-state index contributed by atoms with van der Waals surface area (Å²) in [6.45, 7) is 5.25. The van der Waals surface area contributed by atoms with Crippen LogP contribution < -0.4 is 10.6 Å². The molecule has 1 saturated heterocycles. The molecular formula is C16H22BrN3O2. The molecule has 0 saturated carbocycles. The molecule has 1 aromatic rings. The summed E-state index contributed by atoms with van der Waals surface area (Å²) in [5.74, 6) is 0.225. The van der Waals surface area contributed by atoms with Gasteiger partial charge in [-0.2, -0.15) is 0 Å². The molecule has 0 bridgehead atoms. The summed E-state index contributed by atoms with van der Waals surface area (Å²) in [5.41, 5.74) is 0.758. The maximum absolute atomic E-state index is 12.0. The molecule has 5 nitrogen and oxygen atoms in total. The number of likely N-dealkylation sites (tertiary alicyclic amines) is 1. The van der Waals surface area contributed by atoms with E-state index in [0.29, 0.717) is 13.1 Å². The van der Waals surface area contributed by atoms with E-state index < -0.39 is 0 Å². The summed E-state index contributed by atoms with van der Waals surface area (Å²) in [6, 6.07) is 7.36. The Bertz CT molecular complexity index is 523. The molecule has 3 amide bonds. The number of hydrogen-bond donors (Lipinski definition) is 2. The third-order valence-electron chi connectivity index (χ3n) is 3.74. The van der Waals surface area contributed by atoms with Crippen LogP contribution in [0.2, 0.25) is 0 Å². The van der Waals surface area contributed by atoms with Crippen molar-refractivity contribution in [3.05, 3.63) is 28.7 Å². The van der Waals surface area contributed by atoms with Crippen LogP contribution in [0.15, 0.2) is 28.7 Å². The Morgan fingerprint density at radius 1 is 1.18 bits per heavy atom. The third-order valence-corrected chi connectivity index (χ3v) is 4.27. The molecule has 0 atom stereocenters. The van der Waals surface area contributed by atoms with Crippen LogP contribution in [0.25, 0.3) is 0 Å². The second-order valence-corrected chi connectivity index (χ2v) is 6.78. The molecule has 0 aromatic heterocycles. The highest BCUT2D eigenvalue weighted by atomic mass is 79.9. The molecule has 1 fully saturated rings. The molecule has 120 valence electrons. The number of benzene rings is 1. The fourth-order valence-corrected chi connectivity index (χ4v) is 2.76. The number of anilines is 1. The minimum atomic E-state index is -0.198. The number of nitrogens with one attached hydrogen (secondary N) is 2. The Morgan fingerprint density at radius 2 is 1.77 bits per heavy atom.